The van der Waals surface area contributed by atoms with E-state index in [1.165, 1.54) is 5.56 Å². The lowest BCUT2D eigenvalue weighted by molar-refractivity contribution is 0.775. The molecule has 0 spiro atoms. The Balaban J connectivity index is 1.88. The molecule has 4 rings (SSSR count). The first-order valence-electron chi connectivity index (χ1n) is 7.88. The third-order valence-corrected chi connectivity index (χ3v) is 6.06. The summed E-state index contributed by atoms with van der Waals surface area (Å²) in [7, 11) is 0. The van der Waals surface area contributed by atoms with Gasteiger partial charge in [0.05, 0.1) is 12.9 Å². The van der Waals surface area contributed by atoms with Gasteiger partial charge < -0.3 is 9.55 Å². The highest BCUT2D eigenvalue weighted by Crippen LogP contribution is 2.23. The Bertz CT molecular complexity index is 1160. The van der Waals surface area contributed by atoms with Crippen molar-refractivity contribution in [1.29, 1.82) is 5.41 Å². The van der Waals surface area contributed by atoms with Crippen LogP contribution in [-0.4, -0.2) is 24.5 Å². The van der Waals surface area contributed by atoms with Crippen molar-refractivity contribution in [3.63, 3.8) is 0 Å². The predicted molar refractivity (Wildman–Crippen MR) is 117 cm³/mol. The van der Waals surface area contributed by atoms with E-state index in [2.05, 4.69) is 73.1 Å². The first-order valence-corrected chi connectivity index (χ1v) is 10.0. The number of rotatable bonds is 3. The molecule has 8 heteroatoms. The Labute approximate surface area is 176 Å². The molecule has 0 atom stereocenters. The fourth-order valence-electron chi connectivity index (χ4n) is 2.82. The van der Waals surface area contributed by atoms with Gasteiger partial charge in [-0.25, -0.2) is 9.97 Å². The second-order valence-electron chi connectivity index (χ2n) is 5.90. The minimum absolute atomic E-state index is 0.197. The summed E-state index contributed by atoms with van der Waals surface area (Å²) in [5, 5.41) is 8.15. The molecular weight excluding hydrogens is 554 g/mol. The van der Waals surface area contributed by atoms with E-state index >= 15 is 0 Å². The van der Waals surface area contributed by atoms with E-state index in [0.29, 0.717) is 12.1 Å². The van der Waals surface area contributed by atoms with Crippen LogP contribution >= 0.6 is 45.2 Å². The number of aromatic nitrogens is 5. The zero-order valence-electron chi connectivity index (χ0n) is 13.8. The molecule has 0 aliphatic heterocycles. The van der Waals surface area contributed by atoms with Crippen LogP contribution in [0.2, 0.25) is 0 Å². The van der Waals surface area contributed by atoms with Crippen LogP contribution < -0.4 is 5.49 Å². The Morgan fingerprint density at radius 1 is 1.15 bits per heavy atom. The lowest BCUT2D eigenvalue weighted by Crippen LogP contribution is -2.14. The number of nitrogens with one attached hydrogen (secondary N) is 2. The van der Waals surface area contributed by atoms with Gasteiger partial charge in [-0.05, 0) is 57.7 Å². The van der Waals surface area contributed by atoms with Crippen LogP contribution in [0.5, 0.6) is 0 Å². The van der Waals surface area contributed by atoms with Gasteiger partial charge in [0.1, 0.15) is 11.3 Å². The number of fused-ring (bicyclic) bond motifs is 1. The van der Waals surface area contributed by atoms with Crippen LogP contribution in [0.1, 0.15) is 11.1 Å². The number of aromatic amines is 1. The lowest BCUT2D eigenvalue weighted by atomic mass is 10.1. The van der Waals surface area contributed by atoms with Gasteiger partial charge in [-0.3, -0.25) is 10.4 Å². The number of imidazole rings is 1. The van der Waals surface area contributed by atoms with Crippen molar-refractivity contribution in [3.8, 4) is 11.4 Å². The predicted octanol–water partition coefficient (Wildman–Crippen LogP) is 3.87. The van der Waals surface area contributed by atoms with Crippen molar-refractivity contribution < 1.29 is 0 Å². The summed E-state index contributed by atoms with van der Waals surface area (Å²) in [5.74, 6) is 0.757. The highest BCUT2D eigenvalue weighted by Gasteiger charge is 2.14. The van der Waals surface area contributed by atoms with Crippen LogP contribution in [0, 0.1) is 19.5 Å². The van der Waals surface area contributed by atoms with E-state index in [-0.39, 0.29) is 5.49 Å². The highest BCUT2D eigenvalue weighted by atomic mass is 127. The molecule has 6 nitrogen and oxygen atoms in total. The van der Waals surface area contributed by atoms with Crippen molar-refractivity contribution >= 4 is 56.3 Å². The molecule has 0 saturated heterocycles. The quantitative estimate of drug-likeness (QED) is 0.369. The maximum absolute atomic E-state index is 8.15. The summed E-state index contributed by atoms with van der Waals surface area (Å²) < 4.78 is 4.17. The van der Waals surface area contributed by atoms with Crippen LogP contribution in [0.25, 0.3) is 22.6 Å². The minimum Gasteiger partial charge on any atom is -0.334 e. The third kappa shape index (κ3) is 3.15. The monoisotopic (exact) mass is 568 g/mol. The summed E-state index contributed by atoms with van der Waals surface area (Å²) in [6.45, 7) is 2.68. The van der Waals surface area contributed by atoms with Crippen LogP contribution in [0.15, 0.2) is 43.0 Å². The average molecular weight is 568 g/mol. The van der Waals surface area contributed by atoms with Gasteiger partial charge in [-0.15, -0.1) is 0 Å². The van der Waals surface area contributed by atoms with Crippen molar-refractivity contribution in [2.45, 2.75) is 13.5 Å². The smallest absolute Gasteiger partial charge is 0.173 e. The number of benzene rings is 1. The van der Waals surface area contributed by atoms with Gasteiger partial charge in [-0.1, -0.05) is 24.3 Å². The van der Waals surface area contributed by atoms with Crippen LogP contribution in [-0.2, 0) is 6.54 Å². The van der Waals surface area contributed by atoms with E-state index < -0.39 is 0 Å². The highest BCUT2D eigenvalue weighted by molar-refractivity contribution is 14.1. The van der Waals surface area contributed by atoms with Gasteiger partial charge in [0.2, 0.25) is 0 Å². The Kier molecular flexibility index (Phi) is 4.78. The average Bonchev–Trinajstić information content (AvgIpc) is 3.07. The largest absolute Gasteiger partial charge is 0.334 e. The number of hydrogen-bond donors (Lipinski definition) is 2. The van der Waals surface area contributed by atoms with Gasteiger partial charge in [-0.2, -0.15) is 0 Å². The van der Waals surface area contributed by atoms with Crippen LogP contribution in [0.4, 0.5) is 0 Å². The summed E-state index contributed by atoms with van der Waals surface area (Å²) >= 11 is 4.59. The molecule has 0 aliphatic rings. The zero-order valence-corrected chi connectivity index (χ0v) is 18.1. The van der Waals surface area contributed by atoms with Crippen molar-refractivity contribution in [2.24, 2.45) is 0 Å². The molecule has 26 heavy (non-hydrogen) atoms. The molecule has 1 aromatic carbocycles. The minimum atomic E-state index is 0.197. The number of pyridine rings is 1. The summed E-state index contributed by atoms with van der Waals surface area (Å²) in [6, 6.07) is 8.08. The number of aryl methyl sites for hydroxylation is 1. The summed E-state index contributed by atoms with van der Waals surface area (Å²) in [4.78, 5) is 16.5. The first kappa shape index (κ1) is 17.6. The van der Waals surface area contributed by atoms with E-state index in [1.807, 2.05) is 35.2 Å². The molecule has 2 N–H and O–H groups in total. The van der Waals surface area contributed by atoms with E-state index in [1.54, 1.807) is 6.33 Å². The van der Waals surface area contributed by atoms with Gasteiger partial charge in [0.25, 0.3) is 0 Å². The normalized spacial score (nSPS) is 11.2. The number of hydrogen-bond acceptors (Lipinski definition) is 4. The number of H-pyrrole nitrogens is 1. The zero-order chi connectivity index (χ0) is 18.3. The molecule has 0 amide bonds. The standard InChI is InChI=1S/C18H14I2N6/c1-10-4-2-3-5-11(10)17-24-15-16(21)23-9-26(18(15)25-17)8-12-13(19)6-22-7-14(12)20/h2-7,9,21H,8H2,1H3,(H,24,25). The first-order chi connectivity index (χ1) is 12.5. The second kappa shape index (κ2) is 7.06. The molecule has 0 aliphatic carbocycles. The SMILES string of the molecule is Cc1ccccc1-c1nc2c([nH]1)c(=N)ncn2Cc1c(I)cncc1I. The topological polar surface area (TPSA) is 83.2 Å². The molecule has 3 aromatic heterocycles. The van der Waals surface area contributed by atoms with E-state index in [9.17, 15) is 0 Å². The fraction of sp³-hybridized carbons (Fsp3) is 0.111. The molecule has 3 heterocycles. The van der Waals surface area contributed by atoms with Crippen molar-refractivity contribution in [2.75, 3.05) is 0 Å². The maximum atomic E-state index is 8.15. The maximum Gasteiger partial charge on any atom is 0.173 e. The Hall–Kier alpha value is -1.82. The van der Waals surface area contributed by atoms with Crippen molar-refractivity contribution in [3.05, 3.63) is 66.7 Å². The molecule has 0 unspecified atom stereocenters. The second-order valence-corrected chi connectivity index (χ2v) is 8.23. The fourth-order valence-corrected chi connectivity index (χ4v) is 4.58. The molecule has 130 valence electrons. The van der Waals surface area contributed by atoms with Gasteiger partial charge >= 0.3 is 0 Å². The molecule has 0 saturated carbocycles. The Morgan fingerprint density at radius 2 is 1.88 bits per heavy atom. The molecule has 0 bridgehead atoms. The Morgan fingerprint density at radius 3 is 2.62 bits per heavy atom. The third-order valence-electron chi connectivity index (χ3n) is 4.20. The van der Waals surface area contributed by atoms with Gasteiger partial charge in [0.15, 0.2) is 11.1 Å². The van der Waals surface area contributed by atoms with Crippen molar-refractivity contribution in [1.82, 2.24) is 24.5 Å². The molecule has 4 aromatic rings. The van der Waals surface area contributed by atoms with E-state index in [4.69, 9.17) is 10.4 Å². The van der Waals surface area contributed by atoms with Crippen LogP contribution in [0.3, 0.4) is 0 Å². The van der Waals surface area contributed by atoms with E-state index in [0.717, 1.165) is 29.7 Å². The molecule has 0 fully saturated rings. The molecule has 0 radical (unpaired) electrons. The lowest BCUT2D eigenvalue weighted by Gasteiger charge is -2.10. The molecular formula is C18H14I2N6. The number of halogens is 2. The number of nitrogens with zero attached hydrogens (tertiary/aromatic N) is 4. The summed E-state index contributed by atoms with van der Waals surface area (Å²) in [5.41, 5.74) is 4.91. The van der Waals surface area contributed by atoms with Gasteiger partial charge in [0, 0.05) is 30.7 Å². The summed E-state index contributed by atoms with van der Waals surface area (Å²) in [6.07, 6.45) is 5.39.